The van der Waals surface area contributed by atoms with Crippen LogP contribution in [0.15, 0.2) is 24.4 Å². The molecule has 0 aliphatic carbocycles. The van der Waals surface area contributed by atoms with Crippen molar-refractivity contribution >= 4 is 34.5 Å². The van der Waals surface area contributed by atoms with Gasteiger partial charge in [0.25, 0.3) is 0 Å². The van der Waals surface area contributed by atoms with Crippen molar-refractivity contribution in [3.8, 4) is 0 Å². The van der Waals surface area contributed by atoms with Gasteiger partial charge in [-0.15, -0.1) is 11.3 Å². The number of nitrogens with one attached hydrogen (secondary N) is 1. The average Bonchev–Trinajstić information content (AvgIpc) is 2.73. The number of aromatic nitrogens is 1. The third kappa shape index (κ3) is 2.80. The molecule has 2 aromatic rings. The molecule has 18 heavy (non-hydrogen) atoms. The van der Waals surface area contributed by atoms with E-state index in [1.165, 1.54) is 11.3 Å². The Morgan fingerprint density at radius 1 is 1.56 bits per heavy atom. The molecule has 0 atom stereocenters. The van der Waals surface area contributed by atoms with E-state index in [1.807, 2.05) is 13.0 Å². The topological polar surface area (TPSA) is 68.0 Å². The molecule has 94 valence electrons. The molecule has 1 heterocycles. The highest BCUT2D eigenvalue weighted by atomic mass is 35.5. The van der Waals surface area contributed by atoms with Crippen LogP contribution >= 0.6 is 22.9 Å². The minimum Gasteiger partial charge on any atom is -0.380 e. The maximum absolute atomic E-state index is 11.2. The van der Waals surface area contributed by atoms with Crippen LogP contribution in [-0.4, -0.2) is 10.9 Å². The van der Waals surface area contributed by atoms with Gasteiger partial charge in [0.05, 0.1) is 6.54 Å². The minimum absolute atomic E-state index is 0.419. The lowest BCUT2D eigenvalue weighted by atomic mass is 10.1. The minimum atomic E-state index is -0.419. The molecule has 0 fully saturated rings. The zero-order chi connectivity index (χ0) is 13.1. The molecule has 2 rings (SSSR count). The summed E-state index contributed by atoms with van der Waals surface area (Å²) in [6.07, 6.45) is 1.73. The first-order valence-electron chi connectivity index (χ1n) is 5.31. The van der Waals surface area contributed by atoms with E-state index in [-0.39, 0.29) is 0 Å². The molecule has 6 heteroatoms. The number of benzene rings is 1. The van der Waals surface area contributed by atoms with Gasteiger partial charge in [0.1, 0.15) is 0 Å². The van der Waals surface area contributed by atoms with Gasteiger partial charge in [-0.2, -0.15) is 0 Å². The molecule has 3 N–H and O–H groups in total. The Bertz CT molecular complexity index is 582. The Morgan fingerprint density at radius 3 is 2.94 bits per heavy atom. The summed E-state index contributed by atoms with van der Waals surface area (Å²) in [6.45, 7) is 2.48. The fourth-order valence-electron chi connectivity index (χ4n) is 1.64. The van der Waals surface area contributed by atoms with Crippen LogP contribution in [0.2, 0.25) is 4.47 Å². The van der Waals surface area contributed by atoms with Crippen LogP contribution in [0.3, 0.4) is 0 Å². The van der Waals surface area contributed by atoms with Crippen LogP contribution < -0.4 is 11.1 Å². The van der Waals surface area contributed by atoms with E-state index in [4.69, 9.17) is 17.3 Å². The van der Waals surface area contributed by atoms with Crippen molar-refractivity contribution in [2.75, 3.05) is 5.32 Å². The van der Waals surface area contributed by atoms with Crippen LogP contribution in [0.1, 0.15) is 20.8 Å². The predicted molar refractivity (Wildman–Crippen MR) is 74.1 cm³/mol. The van der Waals surface area contributed by atoms with Crippen LogP contribution in [-0.2, 0) is 6.54 Å². The number of hydrogen-bond donors (Lipinski definition) is 2. The SMILES string of the molecule is Cc1c(NCc2cnc(Cl)s2)cccc1C(N)=O. The lowest BCUT2D eigenvalue weighted by Crippen LogP contribution is -2.13. The molecule has 0 unspecified atom stereocenters. The largest absolute Gasteiger partial charge is 0.380 e. The Kier molecular flexibility index (Phi) is 3.84. The Hall–Kier alpha value is -1.59. The molecule has 0 aliphatic rings. The number of nitrogens with two attached hydrogens (primary N) is 1. The fraction of sp³-hybridized carbons (Fsp3) is 0.167. The number of thiazole rings is 1. The number of anilines is 1. The molecule has 0 aliphatic heterocycles. The zero-order valence-corrected chi connectivity index (χ0v) is 11.3. The van der Waals surface area contributed by atoms with Crippen LogP contribution in [0.25, 0.3) is 0 Å². The van der Waals surface area contributed by atoms with Crippen molar-refractivity contribution in [1.29, 1.82) is 0 Å². The van der Waals surface area contributed by atoms with Crippen molar-refractivity contribution in [3.05, 3.63) is 44.9 Å². The van der Waals surface area contributed by atoms with Crippen molar-refractivity contribution in [1.82, 2.24) is 4.98 Å². The summed E-state index contributed by atoms with van der Waals surface area (Å²) in [4.78, 5) is 16.2. The van der Waals surface area contributed by atoms with Gasteiger partial charge in [-0.1, -0.05) is 17.7 Å². The number of primary amides is 1. The maximum Gasteiger partial charge on any atom is 0.249 e. The summed E-state index contributed by atoms with van der Waals surface area (Å²) in [5, 5.41) is 3.24. The third-order valence-corrected chi connectivity index (χ3v) is 3.69. The summed E-state index contributed by atoms with van der Waals surface area (Å²) in [7, 11) is 0. The molecule has 4 nitrogen and oxygen atoms in total. The molecule has 0 saturated carbocycles. The average molecular weight is 282 g/mol. The highest BCUT2D eigenvalue weighted by Crippen LogP contribution is 2.22. The number of nitrogens with zero attached hydrogens (tertiary/aromatic N) is 1. The van der Waals surface area contributed by atoms with Crippen molar-refractivity contribution < 1.29 is 4.79 Å². The number of carbonyl (C=O) groups is 1. The van der Waals surface area contributed by atoms with E-state index in [9.17, 15) is 4.79 Å². The van der Waals surface area contributed by atoms with Gasteiger partial charge in [0.15, 0.2) is 4.47 Å². The molecule has 0 saturated heterocycles. The van der Waals surface area contributed by atoms with Gasteiger partial charge in [-0.3, -0.25) is 4.79 Å². The smallest absolute Gasteiger partial charge is 0.249 e. The molecule has 0 bridgehead atoms. The molecule has 0 radical (unpaired) electrons. The molecule has 0 spiro atoms. The molecule has 1 aromatic carbocycles. The fourth-order valence-corrected chi connectivity index (χ4v) is 2.56. The summed E-state index contributed by atoms with van der Waals surface area (Å²) in [6, 6.07) is 5.42. The second kappa shape index (κ2) is 5.37. The number of amides is 1. The first kappa shape index (κ1) is 12.9. The number of carbonyl (C=O) groups excluding carboxylic acids is 1. The van der Waals surface area contributed by atoms with E-state index >= 15 is 0 Å². The highest BCUT2D eigenvalue weighted by Gasteiger charge is 2.08. The van der Waals surface area contributed by atoms with Gasteiger partial charge < -0.3 is 11.1 Å². The molecular weight excluding hydrogens is 270 g/mol. The van der Waals surface area contributed by atoms with Crippen molar-refractivity contribution in [2.45, 2.75) is 13.5 Å². The lowest BCUT2D eigenvalue weighted by Gasteiger charge is -2.10. The quantitative estimate of drug-likeness (QED) is 0.905. The number of hydrogen-bond acceptors (Lipinski definition) is 4. The van der Waals surface area contributed by atoms with E-state index in [0.717, 1.165) is 16.1 Å². The van der Waals surface area contributed by atoms with Crippen LogP contribution in [0.4, 0.5) is 5.69 Å². The van der Waals surface area contributed by atoms with E-state index in [0.29, 0.717) is 16.6 Å². The van der Waals surface area contributed by atoms with Crippen molar-refractivity contribution in [2.24, 2.45) is 5.73 Å². The first-order valence-corrected chi connectivity index (χ1v) is 6.51. The molecule has 1 aromatic heterocycles. The number of rotatable bonds is 4. The predicted octanol–water partition coefficient (Wildman–Crippen LogP) is 2.82. The zero-order valence-electron chi connectivity index (χ0n) is 9.74. The van der Waals surface area contributed by atoms with E-state index in [1.54, 1.807) is 18.3 Å². The van der Waals surface area contributed by atoms with Gasteiger partial charge >= 0.3 is 0 Å². The first-order chi connectivity index (χ1) is 8.58. The second-order valence-electron chi connectivity index (χ2n) is 3.78. The normalized spacial score (nSPS) is 10.3. The number of halogens is 1. The van der Waals surface area contributed by atoms with Crippen molar-refractivity contribution in [3.63, 3.8) is 0 Å². The lowest BCUT2D eigenvalue weighted by molar-refractivity contribution is 0.1000. The van der Waals surface area contributed by atoms with E-state index in [2.05, 4.69) is 10.3 Å². The summed E-state index contributed by atoms with van der Waals surface area (Å²) in [5.74, 6) is -0.419. The van der Waals surface area contributed by atoms with Crippen LogP contribution in [0.5, 0.6) is 0 Å². The highest BCUT2D eigenvalue weighted by molar-refractivity contribution is 7.15. The standard InChI is InChI=1S/C12H12ClN3OS/c1-7-9(11(14)17)3-2-4-10(7)15-5-8-6-16-12(13)18-8/h2-4,6,15H,5H2,1H3,(H2,14,17). The van der Waals surface area contributed by atoms with E-state index < -0.39 is 5.91 Å². The van der Waals surface area contributed by atoms with Gasteiger partial charge in [-0.05, 0) is 24.6 Å². The molecule has 1 amide bonds. The molecular formula is C12H12ClN3OS. The van der Waals surface area contributed by atoms with Gasteiger partial charge in [0, 0.05) is 22.3 Å². The summed E-state index contributed by atoms with van der Waals surface area (Å²) in [5.41, 5.74) is 7.56. The Labute approximate surface area is 114 Å². The maximum atomic E-state index is 11.2. The van der Waals surface area contributed by atoms with Gasteiger partial charge in [0.2, 0.25) is 5.91 Å². The van der Waals surface area contributed by atoms with Gasteiger partial charge in [-0.25, -0.2) is 4.98 Å². The Balaban J connectivity index is 2.14. The summed E-state index contributed by atoms with van der Waals surface area (Å²) < 4.78 is 0.523. The monoisotopic (exact) mass is 281 g/mol. The third-order valence-electron chi connectivity index (χ3n) is 2.58. The van der Waals surface area contributed by atoms with Crippen LogP contribution in [0, 0.1) is 6.92 Å². The summed E-state index contributed by atoms with van der Waals surface area (Å²) >= 11 is 7.18. The Morgan fingerprint density at radius 2 is 2.33 bits per heavy atom. The second-order valence-corrected chi connectivity index (χ2v) is 5.47.